The number of thiocarbonyl (C=S) groups is 1. The van der Waals surface area contributed by atoms with Crippen LogP contribution in [0.25, 0.3) is 10.4 Å². The quantitative estimate of drug-likeness (QED) is 0.313. The number of halogens is 1. The highest BCUT2D eigenvalue weighted by Gasteiger charge is 2.30. The summed E-state index contributed by atoms with van der Waals surface area (Å²) in [6.45, 7) is 3.04. The summed E-state index contributed by atoms with van der Waals surface area (Å²) in [4.78, 5) is 14.5. The van der Waals surface area contributed by atoms with Gasteiger partial charge < -0.3 is 14.7 Å². The van der Waals surface area contributed by atoms with Gasteiger partial charge in [-0.3, -0.25) is 4.79 Å². The van der Waals surface area contributed by atoms with E-state index in [1.54, 1.807) is 30.3 Å². The fourth-order valence-electron chi connectivity index (χ4n) is 3.26. The molecule has 1 aliphatic heterocycles. The van der Waals surface area contributed by atoms with Crippen LogP contribution in [0.4, 0.5) is 5.69 Å². The molecule has 1 aliphatic rings. The van der Waals surface area contributed by atoms with Gasteiger partial charge in [-0.15, -0.1) is 11.3 Å². The largest absolute Gasteiger partial charge is 0.504 e. The van der Waals surface area contributed by atoms with Gasteiger partial charge in [0.15, 0.2) is 10.9 Å². The zero-order chi connectivity index (χ0) is 21.0. The fourth-order valence-corrected chi connectivity index (χ4v) is 4.70. The molecule has 0 unspecified atom stereocenters. The predicted molar refractivity (Wildman–Crippen MR) is 122 cm³/mol. The van der Waals surface area contributed by atoms with Crippen LogP contribution in [-0.4, -0.2) is 47.5 Å². The molecule has 3 rings (SSSR count). The van der Waals surface area contributed by atoms with Crippen LogP contribution in [0, 0.1) is 5.92 Å². The van der Waals surface area contributed by atoms with E-state index >= 15 is 0 Å². The summed E-state index contributed by atoms with van der Waals surface area (Å²) in [7, 11) is 1.41. The molecule has 0 amide bonds. The second-order valence-electron chi connectivity index (χ2n) is 6.56. The molecule has 1 fully saturated rings. The van der Waals surface area contributed by atoms with Gasteiger partial charge in [-0.2, -0.15) is 5.10 Å². The molecule has 1 saturated heterocycles. The highest BCUT2D eigenvalue weighted by atomic mass is 35.5. The van der Waals surface area contributed by atoms with Crippen LogP contribution >= 0.6 is 35.2 Å². The molecule has 0 spiro atoms. The van der Waals surface area contributed by atoms with E-state index in [0.717, 1.165) is 5.56 Å². The average Bonchev–Trinajstić information content (AvgIpc) is 3.12. The number of nitrogens with zero attached hydrogens (tertiary/aromatic N) is 3. The van der Waals surface area contributed by atoms with Crippen molar-refractivity contribution in [2.75, 3.05) is 25.2 Å². The molecule has 9 heteroatoms. The zero-order valence-electron chi connectivity index (χ0n) is 16.2. The minimum atomic E-state index is -0.180. The molecule has 154 valence electrons. The van der Waals surface area contributed by atoms with Gasteiger partial charge in [-0.25, -0.2) is 5.01 Å². The number of hydrazone groups is 1. The third-order valence-electron chi connectivity index (χ3n) is 4.77. The Morgan fingerprint density at radius 1 is 1.45 bits per heavy atom. The van der Waals surface area contributed by atoms with Crippen LogP contribution in [0.15, 0.2) is 34.7 Å². The third-order valence-corrected chi connectivity index (χ3v) is 6.45. The van der Waals surface area contributed by atoms with Gasteiger partial charge in [0, 0.05) is 29.7 Å². The van der Waals surface area contributed by atoms with E-state index in [1.807, 2.05) is 22.4 Å². The van der Waals surface area contributed by atoms with Crippen molar-refractivity contribution in [2.45, 2.75) is 19.8 Å². The molecule has 0 saturated carbocycles. The van der Waals surface area contributed by atoms with E-state index in [9.17, 15) is 9.90 Å². The Kier molecular flexibility index (Phi) is 7.10. The van der Waals surface area contributed by atoms with Crippen molar-refractivity contribution in [3.8, 4) is 16.2 Å². The number of esters is 1. The number of likely N-dealkylation sites (tertiary alicyclic amines) is 1. The second-order valence-corrected chi connectivity index (χ2v) is 8.24. The summed E-state index contributed by atoms with van der Waals surface area (Å²) in [6, 6.07) is 7.33. The summed E-state index contributed by atoms with van der Waals surface area (Å²) in [5, 5.41) is 19.7. The SMILES string of the molecule is CC=NN(C(=S)N1CCC(C(=O)OC)CC1)c1csc(-c2cccc(Cl)c2)c1O. The lowest BCUT2D eigenvalue weighted by atomic mass is 9.97. The third kappa shape index (κ3) is 4.71. The molecular formula is C20H22ClN3O3S2. The number of hydrogen-bond donors (Lipinski definition) is 1. The smallest absolute Gasteiger partial charge is 0.308 e. The molecule has 6 nitrogen and oxygen atoms in total. The second kappa shape index (κ2) is 9.56. The summed E-state index contributed by atoms with van der Waals surface area (Å²) < 4.78 is 4.84. The standard InChI is InChI=1S/C20H22ClN3O3S2/c1-3-22-24(20(28)23-9-7-13(8-10-23)19(26)27-2)16-12-29-18(17(16)25)14-5-4-6-15(21)11-14/h3-6,11-13,25H,7-10H2,1-2H3. The van der Waals surface area contributed by atoms with E-state index in [0.29, 0.717) is 46.6 Å². The Morgan fingerprint density at radius 3 is 2.79 bits per heavy atom. The number of carbonyl (C=O) groups excluding carboxylic acids is 1. The molecule has 1 aromatic carbocycles. The van der Waals surface area contributed by atoms with Crippen molar-refractivity contribution >= 4 is 58.1 Å². The maximum Gasteiger partial charge on any atom is 0.308 e. The lowest BCUT2D eigenvalue weighted by Gasteiger charge is -2.35. The molecule has 1 N–H and O–H groups in total. The number of carbonyl (C=O) groups is 1. The minimum Gasteiger partial charge on any atom is -0.504 e. The Morgan fingerprint density at radius 2 is 2.17 bits per heavy atom. The van der Waals surface area contributed by atoms with Gasteiger partial charge in [0.1, 0.15) is 5.69 Å². The summed E-state index contributed by atoms with van der Waals surface area (Å²) in [6.07, 6.45) is 2.96. The minimum absolute atomic E-state index is 0.105. The Balaban J connectivity index is 1.82. The summed E-state index contributed by atoms with van der Waals surface area (Å²) in [5.74, 6) is -0.179. The number of methoxy groups -OCH3 is 1. The van der Waals surface area contributed by atoms with E-state index < -0.39 is 0 Å². The van der Waals surface area contributed by atoms with E-state index in [2.05, 4.69) is 5.10 Å². The van der Waals surface area contributed by atoms with Crippen LogP contribution < -0.4 is 5.01 Å². The van der Waals surface area contributed by atoms with Crippen molar-refractivity contribution in [1.29, 1.82) is 0 Å². The maximum absolute atomic E-state index is 11.8. The number of hydrogen-bond acceptors (Lipinski definition) is 6. The van der Waals surface area contributed by atoms with Crippen molar-refractivity contribution < 1.29 is 14.6 Å². The van der Waals surface area contributed by atoms with Crippen LogP contribution in [0.3, 0.4) is 0 Å². The van der Waals surface area contributed by atoms with Crippen LogP contribution in [0.1, 0.15) is 19.8 Å². The fraction of sp³-hybridized carbons (Fsp3) is 0.350. The molecule has 0 aliphatic carbocycles. The van der Waals surface area contributed by atoms with Gasteiger partial charge in [0.05, 0.1) is 17.9 Å². The first-order valence-corrected chi connectivity index (χ1v) is 10.8. The Bertz CT molecular complexity index is 923. The first-order chi connectivity index (χ1) is 14.0. The summed E-state index contributed by atoms with van der Waals surface area (Å²) >= 11 is 13.2. The molecule has 1 aromatic heterocycles. The highest BCUT2D eigenvalue weighted by Crippen LogP contribution is 2.44. The first kappa shape index (κ1) is 21.5. The molecule has 2 aromatic rings. The van der Waals surface area contributed by atoms with Gasteiger partial charge in [-0.1, -0.05) is 23.7 Å². The van der Waals surface area contributed by atoms with Gasteiger partial charge in [-0.05, 0) is 49.7 Å². The van der Waals surface area contributed by atoms with Gasteiger partial charge in [0.2, 0.25) is 0 Å². The average molecular weight is 452 g/mol. The lowest BCUT2D eigenvalue weighted by Crippen LogP contribution is -2.45. The van der Waals surface area contributed by atoms with Gasteiger partial charge >= 0.3 is 5.97 Å². The number of ether oxygens (including phenoxy) is 1. The number of thiophene rings is 1. The predicted octanol–water partition coefficient (Wildman–Crippen LogP) is 4.76. The molecule has 0 atom stereocenters. The number of benzene rings is 1. The maximum atomic E-state index is 11.8. The molecule has 2 heterocycles. The Hall–Kier alpha value is -2.16. The number of rotatable bonds is 4. The van der Waals surface area contributed by atoms with Gasteiger partial charge in [0.25, 0.3) is 0 Å². The Labute approximate surface area is 184 Å². The topological polar surface area (TPSA) is 65.4 Å². The van der Waals surface area contributed by atoms with Crippen molar-refractivity contribution in [3.63, 3.8) is 0 Å². The van der Waals surface area contributed by atoms with Crippen LogP contribution in [0.2, 0.25) is 5.02 Å². The van der Waals surface area contributed by atoms with Crippen molar-refractivity contribution in [2.24, 2.45) is 11.0 Å². The van der Waals surface area contributed by atoms with Crippen LogP contribution in [-0.2, 0) is 9.53 Å². The molecule has 29 heavy (non-hydrogen) atoms. The van der Waals surface area contributed by atoms with Crippen molar-refractivity contribution in [1.82, 2.24) is 4.90 Å². The molecule has 0 radical (unpaired) electrons. The molecular weight excluding hydrogens is 430 g/mol. The van der Waals surface area contributed by atoms with E-state index in [1.165, 1.54) is 18.4 Å². The number of aromatic hydroxyl groups is 1. The lowest BCUT2D eigenvalue weighted by molar-refractivity contribution is -0.146. The summed E-state index contributed by atoms with van der Waals surface area (Å²) in [5.41, 5.74) is 1.35. The normalized spacial score (nSPS) is 14.9. The zero-order valence-corrected chi connectivity index (χ0v) is 18.6. The number of anilines is 1. The van der Waals surface area contributed by atoms with E-state index in [-0.39, 0.29) is 17.6 Å². The highest BCUT2D eigenvalue weighted by molar-refractivity contribution is 7.80. The van der Waals surface area contributed by atoms with Crippen LogP contribution in [0.5, 0.6) is 5.75 Å². The van der Waals surface area contributed by atoms with Crippen molar-refractivity contribution in [3.05, 3.63) is 34.7 Å². The number of piperidine rings is 1. The van der Waals surface area contributed by atoms with E-state index in [4.69, 9.17) is 28.6 Å². The molecule has 0 bridgehead atoms. The monoisotopic (exact) mass is 451 g/mol. The first-order valence-electron chi connectivity index (χ1n) is 9.18.